The zero-order chi connectivity index (χ0) is 7.68. The van der Waals surface area contributed by atoms with Crippen LogP contribution in [-0.4, -0.2) is 16.7 Å². The van der Waals surface area contributed by atoms with Crippen LogP contribution in [0, 0.1) is 4.64 Å². The summed E-state index contributed by atoms with van der Waals surface area (Å²) in [6.07, 6.45) is 4.11. The summed E-state index contributed by atoms with van der Waals surface area (Å²) in [5, 5.41) is 9.95. The molecule has 0 unspecified atom stereocenters. The molecule has 0 saturated carbocycles. The van der Waals surface area contributed by atoms with E-state index in [2.05, 4.69) is 15.5 Å². The van der Waals surface area contributed by atoms with Crippen molar-refractivity contribution in [1.82, 2.24) is 10.2 Å². The van der Waals surface area contributed by atoms with E-state index in [0.717, 1.165) is 23.3 Å². The van der Waals surface area contributed by atoms with E-state index in [1.807, 2.05) is 6.20 Å². The monoisotopic (exact) mass is 167 g/mol. The third-order valence-corrected chi connectivity index (χ3v) is 2.15. The van der Waals surface area contributed by atoms with E-state index in [9.17, 15) is 0 Å². The number of aromatic nitrogens is 2. The first kappa shape index (κ1) is 6.79. The van der Waals surface area contributed by atoms with Crippen LogP contribution in [0.15, 0.2) is 6.20 Å². The molecule has 2 N–H and O–H groups in total. The Hall–Kier alpha value is -0.900. The van der Waals surface area contributed by atoms with Gasteiger partial charge in [-0.3, -0.25) is 5.10 Å². The van der Waals surface area contributed by atoms with Gasteiger partial charge in [-0.2, -0.15) is 5.10 Å². The van der Waals surface area contributed by atoms with Crippen LogP contribution in [-0.2, 0) is 6.42 Å². The molecule has 58 valence electrons. The molecule has 3 nitrogen and oxygen atoms in total. The molecule has 0 aliphatic carbocycles. The van der Waals surface area contributed by atoms with Crippen molar-refractivity contribution in [3.63, 3.8) is 0 Å². The Balaban J connectivity index is 2.58. The maximum absolute atomic E-state index is 5.06. The second kappa shape index (κ2) is 2.62. The van der Waals surface area contributed by atoms with Crippen molar-refractivity contribution < 1.29 is 0 Å². The lowest BCUT2D eigenvalue weighted by atomic mass is 10.1. The van der Waals surface area contributed by atoms with Gasteiger partial charge < -0.3 is 5.32 Å². The van der Waals surface area contributed by atoms with Crippen LogP contribution in [0.3, 0.4) is 0 Å². The summed E-state index contributed by atoms with van der Waals surface area (Å²) in [6.45, 7) is 1.02. The molecule has 0 spiro atoms. The summed E-state index contributed by atoms with van der Waals surface area (Å²) < 4.78 is 0.724. The van der Waals surface area contributed by atoms with Crippen LogP contribution in [0.25, 0.3) is 0 Å². The first-order valence-electron chi connectivity index (χ1n) is 3.68. The molecule has 11 heavy (non-hydrogen) atoms. The molecule has 1 aromatic heterocycles. The van der Waals surface area contributed by atoms with Gasteiger partial charge in [0.05, 0.1) is 11.9 Å². The number of rotatable bonds is 0. The number of hydrogen-bond acceptors (Lipinski definition) is 3. The van der Waals surface area contributed by atoms with Crippen molar-refractivity contribution in [3.8, 4) is 0 Å². The minimum absolute atomic E-state index is 0.724. The second-order valence-electron chi connectivity index (χ2n) is 2.63. The highest BCUT2D eigenvalue weighted by molar-refractivity contribution is 7.71. The Kier molecular flexibility index (Phi) is 1.62. The minimum atomic E-state index is 0.724. The number of hydrogen-bond donors (Lipinski definition) is 2. The summed E-state index contributed by atoms with van der Waals surface area (Å²) in [5.74, 6) is 0. The van der Waals surface area contributed by atoms with Crippen LogP contribution < -0.4 is 5.32 Å². The molecule has 2 rings (SSSR count). The van der Waals surface area contributed by atoms with Gasteiger partial charge in [0.25, 0.3) is 0 Å². The molecule has 1 aromatic rings. The zero-order valence-corrected chi connectivity index (χ0v) is 6.87. The fraction of sp³-hybridized carbons (Fsp3) is 0.429. The van der Waals surface area contributed by atoms with Crippen molar-refractivity contribution in [2.24, 2.45) is 0 Å². The van der Waals surface area contributed by atoms with Crippen LogP contribution in [0.5, 0.6) is 0 Å². The van der Waals surface area contributed by atoms with Gasteiger partial charge in [0, 0.05) is 6.54 Å². The van der Waals surface area contributed by atoms with E-state index in [4.69, 9.17) is 12.2 Å². The molecule has 0 amide bonds. The number of anilines is 1. The van der Waals surface area contributed by atoms with Gasteiger partial charge >= 0.3 is 0 Å². The standard InChI is InChI=1S/C7H9N3S/c11-7-6-5(4-9-10-7)2-1-3-8-6/h4,8H,1-3H2,(H,10,11). The van der Waals surface area contributed by atoms with Gasteiger partial charge in [-0.1, -0.05) is 12.2 Å². The highest BCUT2D eigenvalue weighted by Gasteiger charge is 2.08. The smallest absolute Gasteiger partial charge is 0.143 e. The fourth-order valence-corrected chi connectivity index (χ4v) is 1.57. The first-order chi connectivity index (χ1) is 5.38. The van der Waals surface area contributed by atoms with E-state index in [-0.39, 0.29) is 0 Å². The van der Waals surface area contributed by atoms with E-state index >= 15 is 0 Å². The summed E-state index contributed by atoms with van der Waals surface area (Å²) in [6, 6.07) is 0. The van der Waals surface area contributed by atoms with E-state index in [1.165, 1.54) is 12.0 Å². The van der Waals surface area contributed by atoms with Crippen molar-refractivity contribution >= 4 is 17.9 Å². The normalized spacial score (nSPS) is 15.3. The molecule has 0 bridgehead atoms. The average Bonchev–Trinajstić information content (AvgIpc) is 2.06. The molecule has 0 atom stereocenters. The molecule has 0 fully saturated rings. The first-order valence-corrected chi connectivity index (χ1v) is 4.09. The lowest BCUT2D eigenvalue weighted by Gasteiger charge is -2.16. The maximum atomic E-state index is 5.06. The topological polar surface area (TPSA) is 40.7 Å². The third-order valence-electron chi connectivity index (χ3n) is 1.86. The maximum Gasteiger partial charge on any atom is 0.143 e. The van der Waals surface area contributed by atoms with Crippen molar-refractivity contribution in [2.45, 2.75) is 12.8 Å². The molecule has 1 aliphatic heterocycles. The Bertz CT molecular complexity index is 318. The van der Waals surface area contributed by atoms with Crippen LogP contribution in [0.4, 0.5) is 5.69 Å². The number of fused-ring (bicyclic) bond motifs is 1. The Morgan fingerprint density at radius 3 is 3.27 bits per heavy atom. The quantitative estimate of drug-likeness (QED) is 0.575. The third kappa shape index (κ3) is 1.14. The number of H-pyrrole nitrogens is 1. The molecule has 0 radical (unpaired) electrons. The molecule has 4 heteroatoms. The van der Waals surface area contributed by atoms with Crippen molar-refractivity contribution in [3.05, 3.63) is 16.4 Å². The molecule has 2 heterocycles. The highest BCUT2D eigenvalue weighted by Crippen LogP contribution is 2.19. The Morgan fingerprint density at radius 2 is 2.45 bits per heavy atom. The number of nitrogens with one attached hydrogen (secondary N) is 2. The van der Waals surface area contributed by atoms with Gasteiger partial charge in [0.2, 0.25) is 0 Å². The molecule has 1 aliphatic rings. The predicted molar refractivity (Wildman–Crippen MR) is 46.2 cm³/mol. The van der Waals surface area contributed by atoms with E-state index < -0.39 is 0 Å². The fourth-order valence-electron chi connectivity index (χ4n) is 1.31. The average molecular weight is 167 g/mol. The van der Waals surface area contributed by atoms with Gasteiger partial charge in [0.15, 0.2) is 0 Å². The highest BCUT2D eigenvalue weighted by atomic mass is 32.1. The lowest BCUT2D eigenvalue weighted by Crippen LogP contribution is -2.13. The van der Waals surface area contributed by atoms with E-state index in [1.54, 1.807) is 0 Å². The summed E-state index contributed by atoms with van der Waals surface area (Å²) in [5.41, 5.74) is 2.31. The van der Waals surface area contributed by atoms with Crippen LogP contribution >= 0.6 is 12.2 Å². The van der Waals surface area contributed by atoms with Gasteiger partial charge in [-0.05, 0) is 18.4 Å². The minimum Gasteiger partial charge on any atom is -0.382 e. The molecule has 0 aromatic carbocycles. The Morgan fingerprint density at radius 1 is 1.55 bits per heavy atom. The van der Waals surface area contributed by atoms with E-state index in [0.29, 0.717) is 0 Å². The summed E-state index contributed by atoms with van der Waals surface area (Å²) >= 11 is 5.06. The number of nitrogens with zero attached hydrogens (tertiary/aromatic N) is 1. The van der Waals surface area contributed by atoms with Gasteiger partial charge in [0.1, 0.15) is 4.64 Å². The lowest BCUT2D eigenvalue weighted by molar-refractivity contribution is 0.808. The number of aromatic amines is 1. The largest absolute Gasteiger partial charge is 0.382 e. The Labute approximate surface area is 69.8 Å². The van der Waals surface area contributed by atoms with Gasteiger partial charge in [-0.15, -0.1) is 0 Å². The molecule has 0 saturated heterocycles. The molecular weight excluding hydrogens is 158 g/mol. The predicted octanol–water partition coefficient (Wildman–Crippen LogP) is 1.50. The number of aryl methyl sites for hydroxylation is 1. The zero-order valence-electron chi connectivity index (χ0n) is 6.05. The van der Waals surface area contributed by atoms with Crippen molar-refractivity contribution in [1.29, 1.82) is 0 Å². The van der Waals surface area contributed by atoms with Crippen LogP contribution in [0.1, 0.15) is 12.0 Å². The summed E-state index contributed by atoms with van der Waals surface area (Å²) in [7, 11) is 0. The van der Waals surface area contributed by atoms with Gasteiger partial charge in [-0.25, -0.2) is 0 Å². The molecular formula is C7H9N3S. The van der Waals surface area contributed by atoms with Crippen LogP contribution in [0.2, 0.25) is 0 Å². The summed E-state index contributed by atoms with van der Waals surface area (Å²) in [4.78, 5) is 0. The SMILES string of the molecule is S=c1[nH]ncc2c1NCCC2. The second-order valence-corrected chi connectivity index (χ2v) is 3.04. The van der Waals surface area contributed by atoms with Crippen molar-refractivity contribution in [2.75, 3.05) is 11.9 Å².